The molecule has 0 saturated heterocycles. The van der Waals surface area contributed by atoms with Crippen molar-refractivity contribution in [1.82, 2.24) is 16.0 Å². The molecule has 26 heavy (non-hydrogen) atoms. The van der Waals surface area contributed by atoms with E-state index >= 15 is 0 Å². The number of nitrogens with zero attached hydrogens (tertiary/aromatic N) is 1. The van der Waals surface area contributed by atoms with Crippen LogP contribution in [0.3, 0.4) is 0 Å². The predicted octanol–water partition coefficient (Wildman–Crippen LogP) is 3.11. The third-order valence-corrected chi connectivity index (χ3v) is 4.61. The molecule has 5 nitrogen and oxygen atoms in total. The molecule has 0 bridgehead atoms. The van der Waals surface area contributed by atoms with E-state index in [4.69, 9.17) is 0 Å². The first-order chi connectivity index (χ1) is 12.1. The molecule has 0 atom stereocenters. The lowest BCUT2D eigenvalue weighted by atomic mass is 10.0. The number of aryl methyl sites for hydroxylation is 1. The van der Waals surface area contributed by atoms with Crippen molar-refractivity contribution >= 4 is 35.8 Å². The van der Waals surface area contributed by atoms with Crippen LogP contribution < -0.4 is 16.0 Å². The van der Waals surface area contributed by atoms with Gasteiger partial charge in [0.2, 0.25) is 5.91 Å². The minimum absolute atomic E-state index is 0. The first kappa shape index (κ1) is 22.7. The van der Waals surface area contributed by atoms with Crippen LogP contribution >= 0.6 is 24.0 Å². The van der Waals surface area contributed by atoms with Gasteiger partial charge in [0.05, 0.1) is 0 Å². The molecule has 2 rings (SSSR count). The van der Waals surface area contributed by atoms with Crippen molar-refractivity contribution in [3.63, 3.8) is 0 Å². The van der Waals surface area contributed by atoms with Crippen LogP contribution in [-0.2, 0) is 11.3 Å². The average Bonchev–Trinajstić information content (AvgIpc) is 3.10. The van der Waals surface area contributed by atoms with Crippen LogP contribution in [0.5, 0.6) is 0 Å². The SMILES string of the molecule is CN=C(NCCNC(=O)CC1CCCC1)NCc1ccc(C)c(F)c1.I. The molecule has 1 aliphatic carbocycles. The van der Waals surface area contributed by atoms with Gasteiger partial charge in [-0.15, -0.1) is 24.0 Å². The minimum Gasteiger partial charge on any atom is -0.355 e. The van der Waals surface area contributed by atoms with Crippen LogP contribution in [-0.4, -0.2) is 32.0 Å². The first-order valence-electron chi connectivity index (χ1n) is 9.04. The summed E-state index contributed by atoms with van der Waals surface area (Å²) in [6.07, 6.45) is 5.52. The highest BCUT2D eigenvalue weighted by molar-refractivity contribution is 14.0. The van der Waals surface area contributed by atoms with Gasteiger partial charge in [-0.3, -0.25) is 9.79 Å². The smallest absolute Gasteiger partial charge is 0.220 e. The molecular formula is C19H30FIN4O. The number of halogens is 2. The van der Waals surface area contributed by atoms with E-state index in [0.29, 0.717) is 43.5 Å². The molecule has 0 aliphatic heterocycles. The van der Waals surface area contributed by atoms with Gasteiger partial charge in [-0.25, -0.2) is 4.39 Å². The predicted molar refractivity (Wildman–Crippen MR) is 114 cm³/mol. The molecule has 1 aromatic carbocycles. The molecule has 1 aromatic rings. The van der Waals surface area contributed by atoms with E-state index in [-0.39, 0.29) is 35.7 Å². The zero-order valence-corrected chi connectivity index (χ0v) is 17.9. The largest absolute Gasteiger partial charge is 0.355 e. The zero-order valence-electron chi connectivity index (χ0n) is 15.6. The Morgan fingerprint density at radius 1 is 1.19 bits per heavy atom. The number of nitrogens with one attached hydrogen (secondary N) is 3. The summed E-state index contributed by atoms with van der Waals surface area (Å²) >= 11 is 0. The number of amides is 1. The standard InChI is InChI=1S/C19H29FN4O.HI/c1-14-7-8-16(11-17(14)20)13-24-19(21-2)23-10-9-22-18(25)12-15-5-3-4-6-15;/h7-8,11,15H,3-6,9-10,12-13H2,1-2H3,(H,22,25)(H2,21,23,24);1H. The number of guanidine groups is 1. The molecule has 0 heterocycles. The van der Waals surface area contributed by atoms with Crippen LogP contribution in [0, 0.1) is 18.7 Å². The molecule has 1 aliphatic rings. The van der Waals surface area contributed by atoms with Crippen molar-refractivity contribution in [2.24, 2.45) is 10.9 Å². The van der Waals surface area contributed by atoms with E-state index in [9.17, 15) is 9.18 Å². The summed E-state index contributed by atoms with van der Waals surface area (Å²) in [7, 11) is 1.68. The van der Waals surface area contributed by atoms with Gasteiger partial charge in [0.25, 0.3) is 0 Å². The van der Waals surface area contributed by atoms with E-state index in [2.05, 4.69) is 20.9 Å². The summed E-state index contributed by atoms with van der Waals surface area (Å²) in [5.41, 5.74) is 1.50. The number of aliphatic imine (C=N–C) groups is 1. The summed E-state index contributed by atoms with van der Waals surface area (Å²) in [6.45, 7) is 3.39. The lowest BCUT2D eigenvalue weighted by Crippen LogP contribution is -2.41. The number of carbonyl (C=O) groups is 1. The van der Waals surface area contributed by atoms with E-state index < -0.39 is 0 Å². The van der Waals surface area contributed by atoms with E-state index in [1.165, 1.54) is 31.7 Å². The minimum atomic E-state index is -0.202. The molecule has 0 spiro atoms. The number of hydrogen-bond acceptors (Lipinski definition) is 2. The molecular weight excluding hydrogens is 446 g/mol. The molecule has 146 valence electrons. The normalized spacial score (nSPS) is 14.7. The molecule has 0 radical (unpaired) electrons. The Hall–Kier alpha value is -1.38. The number of carbonyl (C=O) groups excluding carboxylic acids is 1. The lowest BCUT2D eigenvalue weighted by molar-refractivity contribution is -0.121. The maximum absolute atomic E-state index is 13.5. The van der Waals surface area contributed by atoms with E-state index in [1.54, 1.807) is 20.0 Å². The zero-order chi connectivity index (χ0) is 18.1. The summed E-state index contributed by atoms with van der Waals surface area (Å²) in [5.74, 6) is 1.13. The number of hydrogen-bond donors (Lipinski definition) is 3. The molecule has 0 aromatic heterocycles. The summed E-state index contributed by atoms with van der Waals surface area (Å²) in [4.78, 5) is 16.0. The summed E-state index contributed by atoms with van der Waals surface area (Å²) in [5, 5.41) is 9.23. The van der Waals surface area contributed by atoms with Gasteiger partial charge in [-0.1, -0.05) is 25.0 Å². The van der Waals surface area contributed by atoms with E-state index in [0.717, 1.165) is 5.56 Å². The van der Waals surface area contributed by atoms with Crippen LogP contribution in [0.2, 0.25) is 0 Å². The Labute approximate surface area is 172 Å². The quantitative estimate of drug-likeness (QED) is 0.245. The van der Waals surface area contributed by atoms with Crippen LogP contribution in [0.15, 0.2) is 23.2 Å². The molecule has 7 heteroatoms. The van der Waals surface area contributed by atoms with Crippen molar-refractivity contribution in [1.29, 1.82) is 0 Å². The number of rotatable bonds is 7. The second kappa shape index (κ2) is 12.1. The van der Waals surface area contributed by atoms with Gasteiger partial charge < -0.3 is 16.0 Å². The number of benzene rings is 1. The highest BCUT2D eigenvalue weighted by Gasteiger charge is 2.17. The second-order valence-electron chi connectivity index (χ2n) is 6.64. The molecule has 0 unspecified atom stereocenters. The van der Waals surface area contributed by atoms with Crippen molar-refractivity contribution in [3.05, 3.63) is 35.1 Å². The van der Waals surface area contributed by atoms with Crippen LogP contribution in [0.1, 0.15) is 43.2 Å². The molecule has 1 saturated carbocycles. The van der Waals surface area contributed by atoms with Crippen LogP contribution in [0.25, 0.3) is 0 Å². The van der Waals surface area contributed by atoms with Gasteiger partial charge in [-0.05, 0) is 42.9 Å². The van der Waals surface area contributed by atoms with Crippen molar-refractivity contribution in [2.45, 2.75) is 45.6 Å². The fourth-order valence-corrected chi connectivity index (χ4v) is 3.08. The van der Waals surface area contributed by atoms with Crippen molar-refractivity contribution < 1.29 is 9.18 Å². The maximum Gasteiger partial charge on any atom is 0.220 e. The van der Waals surface area contributed by atoms with Gasteiger partial charge >= 0.3 is 0 Å². The molecule has 3 N–H and O–H groups in total. The monoisotopic (exact) mass is 476 g/mol. The fraction of sp³-hybridized carbons (Fsp3) is 0.579. The first-order valence-corrected chi connectivity index (χ1v) is 9.04. The highest BCUT2D eigenvalue weighted by Crippen LogP contribution is 2.27. The highest BCUT2D eigenvalue weighted by atomic mass is 127. The Morgan fingerprint density at radius 3 is 2.54 bits per heavy atom. The Morgan fingerprint density at radius 2 is 1.88 bits per heavy atom. The maximum atomic E-state index is 13.5. The Bertz CT molecular complexity index is 603. The molecule has 1 amide bonds. The fourth-order valence-electron chi connectivity index (χ4n) is 3.08. The van der Waals surface area contributed by atoms with E-state index in [1.807, 2.05) is 6.07 Å². The van der Waals surface area contributed by atoms with Gasteiger partial charge in [0.1, 0.15) is 5.82 Å². The summed E-state index contributed by atoms with van der Waals surface area (Å²) < 4.78 is 13.5. The van der Waals surface area contributed by atoms with Gasteiger partial charge in [0.15, 0.2) is 5.96 Å². The van der Waals surface area contributed by atoms with Crippen LogP contribution in [0.4, 0.5) is 4.39 Å². The second-order valence-corrected chi connectivity index (χ2v) is 6.64. The molecule has 1 fully saturated rings. The average molecular weight is 476 g/mol. The topological polar surface area (TPSA) is 65.5 Å². The van der Waals surface area contributed by atoms with Gasteiger partial charge in [-0.2, -0.15) is 0 Å². The van der Waals surface area contributed by atoms with Crippen molar-refractivity contribution in [3.8, 4) is 0 Å². The Balaban J connectivity index is 0.00000338. The van der Waals surface area contributed by atoms with Crippen molar-refractivity contribution in [2.75, 3.05) is 20.1 Å². The van der Waals surface area contributed by atoms with Gasteiger partial charge in [0, 0.05) is 33.1 Å². The lowest BCUT2D eigenvalue weighted by Gasteiger charge is -2.13. The third kappa shape index (κ3) is 7.88. The summed E-state index contributed by atoms with van der Waals surface area (Å²) in [6, 6.07) is 5.18. The third-order valence-electron chi connectivity index (χ3n) is 4.61. The Kier molecular flexibility index (Phi) is 10.5.